The molecule has 2 heterocycles. The Balaban J connectivity index is 2.35. The average molecular weight is 277 g/mol. The number of hydrogen-bond acceptors (Lipinski definition) is 5. The fourth-order valence-corrected chi connectivity index (χ4v) is 1.64. The van der Waals surface area contributed by atoms with E-state index in [2.05, 4.69) is 10.1 Å². The van der Waals surface area contributed by atoms with Gasteiger partial charge in [0.1, 0.15) is 5.15 Å². The molecule has 0 aromatic carbocycles. The zero-order valence-electron chi connectivity index (χ0n) is 10.00. The van der Waals surface area contributed by atoms with Crippen molar-refractivity contribution in [2.75, 3.05) is 6.61 Å². The van der Waals surface area contributed by atoms with Gasteiger partial charge in [0.25, 0.3) is 0 Å². The molecule has 0 aliphatic heterocycles. The Kier molecular flexibility index (Phi) is 3.78. The van der Waals surface area contributed by atoms with Crippen LogP contribution in [0.5, 0.6) is 0 Å². The molecular weight excluding hydrogens is 268 g/mol. The Morgan fingerprint density at radius 2 is 2.37 bits per heavy atom. The normalized spacial score (nSPS) is 9.95. The van der Waals surface area contributed by atoms with Crippen LogP contribution in [0, 0.1) is 11.3 Å². The second-order valence-corrected chi connectivity index (χ2v) is 3.93. The van der Waals surface area contributed by atoms with Crippen LogP contribution in [0.15, 0.2) is 24.5 Å². The quantitative estimate of drug-likeness (QED) is 0.632. The van der Waals surface area contributed by atoms with Crippen molar-refractivity contribution in [3.8, 4) is 11.9 Å². The summed E-state index contributed by atoms with van der Waals surface area (Å²) in [4.78, 5) is 15.5. The minimum Gasteiger partial charge on any atom is -0.462 e. The van der Waals surface area contributed by atoms with Gasteiger partial charge in [-0.25, -0.2) is 14.5 Å². The number of aromatic nitrogens is 3. The van der Waals surface area contributed by atoms with Crippen LogP contribution in [-0.4, -0.2) is 27.3 Å². The lowest BCUT2D eigenvalue weighted by Gasteiger charge is -2.01. The van der Waals surface area contributed by atoms with Gasteiger partial charge >= 0.3 is 5.97 Å². The third kappa shape index (κ3) is 2.89. The maximum absolute atomic E-state index is 11.5. The van der Waals surface area contributed by atoms with E-state index in [1.165, 1.54) is 29.2 Å². The number of nitriles is 1. The first-order chi connectivity index (χ1) is 9.13. The summed E-state index contributed by atoms with van der Waals surface area (Å²) in [5.41, 5.74) is 0.672. The number of carbonyl (C=O) groups is 1. The smallest absolute Gasteiger partial charge is 0.341 e. The molecule has 0 fully saturated rings. The van der Waals surface area contributed by atoms with Gasteiger partial charge < -0.3 is 4.74 Å². The minimum atomic E-state index is -0.462. The summed E-state index contributed by atoms with van der Waals surface area (Å²) in [5, 5.41) is 13.0. The second kappa shape index (κ2) is 5.50. The second-order valence-electron chi connectivity index (χ2n) is 3.54. The molecule has 6 nitrogen and oxygen atoms in total. The largest absolute Gasteiger partial charge is 0.462 e. The third-order valence-corrected chi connectivity index (χ3v) is 2.43. The van der Waals surface area contributed by atoms with Gasteiger partial charge in [-0.05, 0) is 13.0 Å². The molecule has 0 amide bonds. The van der Waals surface area contributed by atoms with E-state index >= 15 is 0 Å². The summed E-state index contributed by atoms with van der Waals surface area (Å²) in [6, 6.07) is 4.94. The summed E-state index contributed by atoms with van der Waals surface area (Å²) >= 11 is 5.80. The van der Waals surface area contributed by atoms with E-state index < -0.39 is 5.97 Å². The van der Waals surface area contributed by atoms with Crippen molar-refractivity contribution in [3.63, 3.8) is 0 Å². The molecule has 96 valence electrons. The van der Waals surface area contributed by atoms with Gasteiger partial charge in [-0.2, -0.15) is 10.4 Å². The molecule has 0 aliphatic rings. The summed E-state index contributed by atoms with van der Waals surface area (Å²) in [5.74, 6) is -0.101. The van der Waals surface area contributed by atoms with E-state index in [0.29, 0.717) is 16.9 Å². The van der Waals surface area contributed by atoms with Crippen LogP contribution >= 0.6 is 11.6 Å². The number of carbonyl (C=O) groups excluding carboxylic acids is 1. The SMILES string of the molecule is CCOC(=O)c1cnn(-c2cc(C#N)cc(Cl)n2)c1. The molecule has 0 bridgehead atoms. The Morgan fingerprint density at radius 3 is 3.05 bits per heavy atom. The summed E-state index contributed by atoms with van der Waals surface area (Å²) in [6.45, 7) is 2.01. The number of esters is 1. The number of pyridine rings is 1. The molecule has 0 saturated heterocycles. The number of rotatable bonds is 3. The van der Waals surface area contributed by atoms with Gasteiger partial charge in [0.05, 0.1) is 30.0 Å². The standard InChI is InChI=1S/C12H9ClN4O2/c1-2-19-12(18)9-6-15-17(7-9)11-4-8(5-14)3-10(13)16-11/h3-4,6-7H,2H2,1H3. The van der Waals surface area contributed by atoms with Gasteiger partial charge in [0.2, 0.25) is 0 Å². The van der Waals surface area contributed by atoms with Crippen molar-refractivity contribution in [2.45, 2.75) is 6.92 Å². The maximum atomic E-state index is 11.5. The monoisotopic (exact) mass is 276 g/mol. The maximum Gasteiger partial charge on any atom is 0.341 e. The van der Waals surface area contributed by atoms with E-state index in [1.807, 2.05) is 6.07 Å². The molecule has 2 aromatic heterocycles. The molecule has 0 aliphatic carbocycles. The predicted octanol–water partition coefficient (Wildman–Crippen LogP) is 1.97. The Hall–Kier alpha value is -2.39. The van der Waals surface area contributed by atoms with Crippen LogP contribution in [0.3, 0.4) is 0 Å². The number of hydrogen-bond donors (Lipinski definition) is 0. The van der Waals surface area contributed by atoms with E-state index in [4.69, 9.17) is 21.6 Å². The molecule has 2 rings (SSSR count). The highest BCUT2D eigenvalue weighted by atomic mass is 35.5. The minimum absolute atomic E-state index is 0.183. The molecule has 0 N–H and O–H groups in total. The summed E-state index contributed by atoms with van der Waals surface area (Å²) in [7, 11) is 0. The van der Waals surface area contributed by atoms with Crippen molar-refractivity contribution < 1.29 is 9.53 Å². The van der Waals surface area contributed by atoms with Crippen molar-refractivity contribution in [2.24, 2.45) is 0 Å². The van der Waals surface area contributed by atoms with E-state index in [0.717, 1.165) is 0 Å². The highest BCUT2D eigenvalue weighted by Gasteiger charge is 2.11. The molecule has 7 heteroatoms. The predicted molar refractivity (Wildman–Crippen MR) is 67.0 cm³/mol. The molecule has 19 heavy (non-hydrogen) atoms. The fraction of sp³-hybridized carbons (Fsp3) is 0.167. The van der Waals surface area contributed by atoms with E-state index in [1.54, 1.807) is 6.92 Å². The lowest BCUT2D eigenvalue weighted by Crippen LogP contribution is -2.03. The fourth-order valence-electron chi connectivity index (χ4n) is 1.43. The van der Waals surface area contributed by atoms with Crippen LogP contribution in [0.1, 0.15) is 22.8 Å². The number of halogens is 1. The van der Waals surface area contributed by atoms with Crippen LogP contribution in [-0.2, 0) is 4.74 Å². The van der Waals surface area contributed by atoms with Crippen LogP contribution in [0.4, 0.5) is 0 Å². The van der Waals surface area contributed by atoms with Crippen LogP contribution in [0.2, 0.25) is 5.15 Å². The molecule has 0 saturated carbocycles. The van der Waals surface area contributed by atoms with Gasteiger partial charge in [-0.1, -0.05) is 11.6 Å². The first-order valence-electron chi connectivity index (χ1n) is 5.44. The molecule has 0 atom stereocenters. The van der Waals surface area contributed by atoms with E-state index in [9.17, 15) is 4.79 Å². The van der Waals surface area contributed by atoms with Crippen LogP contribution in [0.25, 0.3) is 5.82 Å². The Bertz CT molecular complexity index is 660. The molecule has 2 aromatic rings. The first kappa shape index (κ1) is 13.1. The van der Waals surface area contributed by atoms with Crippen molar-refractivity contribution in [3.05, 3.63) is 40.8 Å². The van der Waals surface area contributed by atoms with Crippen molar-refractivity contribution in [1.29, 1.82) is 5.26 Å². The molecular formula is C12H9ClN4O2. The first-order valence-corrected chi connectivity index (χ1v) is 5.81. The zero-order valence-corrected chi connectivity index (χ0v) is 10.8. The van der Waals surface area contributed by atoms with Gasteiger partial charge in [0.15, 0.2) is 5.82 Å². The Labute approximate surface area is 114 Å². The van der Waals surface area contributed by atoms with Crippen molar-refractivity contribution >= 4 is 17.6 Å². The van der Waals surface area contributed by atoms with E-state index in [-0.39, 0.29) is 11.8 Å². The average Bonchev–Trinajstić information content (AvgIpc) is 2.88. The number of ether oxygens (including phenoxy) is 1. The van der Waals surface area contributed by atoms with Crippen molar-refractivity contribution in [1.82, 2.24) is 14.8 Å². The highest BCUT2D eigenvalue weighted by molar-refractivity contribution is 6.29. The molecule has 0 spiro atoms. The highest BCUT2D eigenvalue weighted by Crippen LogP contribution is 2.14. The molecule has 0 unspecified atom stereocenters. The summed E-state index contributed by atoms with van der Waals surface area (Å²) < 4.78 is 6.21. The van der Waals surface area contributed by atoms with Gasteiger partial charge in [0, 0.05) is 12.3 Å². The summed E-state index contributed by atoms with van der Waals surface area (Å²) in [6.07, 6.45) is 2.84. The van der Waals surface area contributed by atoms with Gasteiger partial charge in [-0.3, -0.25) is 0 Å². The molecule has 0 radical (unpaired) electrons. The zero-order chi connectivity index (χ0) is 13.8. The topological polar surface area (TPSA) is 80.8 Å². The van der Waals surface area contributed by atoms with Gasteiger partial charge in [-0.15, -0.1) is 0 Å². The third-order valence-electron chi connectivity index (χ3n) is 2.24. The lowest BCUT2D eigenvalue weighted by molar-refractivity contribution is 0.0526. The Morgan fingerprint density at radius 1 is 1.58 bits per heavy atom. The lowest BCUT2D eigenvalue weighted by atomic mass is 10.3. The van der Waals surface area contributed by atoms with Crippen LogP contribution < -0.4 is 0 Å². The number of nitrogens with zero attached hydrogens (tertiary/aromatic N) is 4.